The Balaban J connectivity index is 1.78. The zero-order chi connectivity index (χ0) is 16.1. The third kappa shape index (κ3) is 4.97. The van der Waals surface area contributed by atoms with Crippen molar-refractivity contribution >= 4 is 11.9 Å². The fourth-order valence-corrected chi connectivity index (χ4v) is 3.88. The Morgan fingerprint density at radius 1 is 1.05 bits per heavy atom. The van der Waals surface area contributed by atoms with Gasteiger partial charge in [0.1, 0.15) is 0 Å². The number of nitrogens with zero attached hydrogens (tertiary/aromatic N) is 1. The maximum atomic E-state index is 12.3. The lowest BCUT2D eigenvalue weighted by atomic mass is 9.91. The van der Waals surface area contributed by atoms with Crippen LogP contribution < -0.4 is 10.6 Å². The first kappa shape index (κ1) is 17.3. The second-order valence-corrected chi connectivity index (χ2v) is 7.37. The van der Waals surface area contributed by atoms with Crippen molar-refractivity contribution in [3.8, 4) is 0 Å². The number of hydrogen-bond acceptors (Lipinski definition) is 3. The third-order valence-corrected chi connectivity index (χ3v) is 5.00. The van der Waals surface area contributed by atoms with Gasteiger partial charge in [-0.2, -0.15) is 0 Å². The Morgan fingerprint density at radius 2 is 1.64 bits per heavy atom. The van der Waals surface area contributed by atoms with Crippen LogP contribution in [0.3, 0.4) is 0 Å². The van der Waals surface area contributed by atoms with Crippen LogP contribution in [0.1, 0.15) is 59.3 Å². The van der Waals surface area contributed by atoms with E-state index in [-0.39, 0.29) is 24.0 Å². The van der Waals surface area contributed by atoms with Gasteiger partial charge in [-0.15, -0.1) is 0 Å². The molecule has 2 rings (SSSR count). The van der Waals surface area contributed by atoms with Crippen molar-refractivity contribution in [2.24, 2.45) is 11.8 Å². The standard InChI is InChI=1S/C17H31N3O2/c1-12-9-13(2)11-20(10-12)14(3)16(21)19-17(22)18-15-7-5-4-6-8-15/h12-15H,4-11H2,1-3H3,(H2,18,19,21,22). The quantitative estimate of drug-likeness (QED) is 0.842. The van der Waals surface area contributed by atoms with Crippen LogP contribution in [0.4, 0.5) is 4.79 Å². The fraction of sp³-hybridized carbons (Fsp3) is 0.882. The van der Waals surface area contributed by atoms with Crippen molar-refractivity contribution in [2.75, 3.05) is 13.1 Å². The average Bonchev–Trinajstić information content (AvgIpc) is 2.46. The van der Waals surface area contributed by atoms with Crippen molar-refractivity contribution in [2.45, 2.75) is 71.4 Å². The average molecular weight is 309 g/mol. The molecule has 2 aliphatic rings. The van der Waals surface area contributed by atoms with Crippen molar-refractivity contribution in [1.82, 2.24) is 15.5 Å². The summed E-state index contributed by atoms with van der Waals surface area (Å²) in [5.41, 5.74) is 0. The van der Waals surface area contributed by atoms with Crippen LogP contribution in [0.5, 0.6) is 0 Å². The Kier molecular flexibility index (Phi) is 6.24. The number of carbonyl (C=O) groups is 2. The van der Waals surface area contributed by atoms with Gasteiger partial charge in [-0.1, -0.05) is 33.1 Å². The van der Waals surface area contributed by atoms with E-state index in [0.717, 1.165) is 25.9 Å². The number of urea groups is 1. The highest BCUT2D eigenvalue weighted by molar-refractivity contribution is 5.96. The number of imide groups is 1. The highest BCUT2D eigenvalue weighted by atomic mass is 16.2. The van der Waals surface area contributed by atoms with Gasteiger partial charge < -0.3 is 5.32 Å². The third-order valence-electron chi connectivity index (χ3n) is 5.00. The largest absolute Gasteiger partial charge is 0.335 e. The van der Waals surface area contributed by atoms with Crippen molar-refractivity contribution in [1.29, 1.82) is 0 Å². The lowest BCUT2D eigenvalue weighted by molar-refractivity contribution is -0.125. The van der Waals surface area contributed by atoms with Crippen LogP contribution in [-0.2, 0) is 4.79 Å². The minimum Gasteiger partial charge on any atom is -0.335 e. The van der Waals surface area contributed by atoms with Crippen LogP contribution in [0, 0.1) is 11.8 Å². The van der Waals surface area contributed by atoms with Crippen molar-refractivity contribution in [3.05, 3.63) is 0 Å². The molecule has 0 spiro atoms. The highest BCUT2D eigenvalue weighted by Gasteiger charge is 2.29. The molecule has 3 amide bonds. The summed E-state index contributed by atoms with van der Waals surface area (Å²) in [6.45, 7) is 8.21. The minimum absolute atomic E-state index is 0.186. The Labute approximate surface area is 134 Å². The van der Waals surface area contributed by atoms with Crippen molar-refractivity contribution < 1.29 is 9.59 Å². The van der Waals surface area contributed by atoms with Gasteiger partial charge >= 0.3 is 6.03 Å². The molecule has 0 aromatic carbocycles. The van der Waals surface area contributed by atoms with Gasteiger partial charge in [0.15, 0.2) is 0 Å². The molecule has 1 heterocycles. The van der Waals surface area contributed by atoms with Crippen LogP contribution in [-0.4, -0.2) is 42.0 Å². The number of hydrogen-bond donors (Lipinski definition) is 2. The molecule has 0 bridgehead atoms. The highest BCUT2D eigenvalue weighted by Crippen LogP contribution is 2.22. The van der Waals surface area contributed by atoms with E-state index in [2.05, 4.69) is 29.4 Å². The summed E-state index contributed by atoms with van der Waals surface area (Å²) in [6.07, 6.45) is 6.85. The summed E-state index contributed by atoms with van der Waals surface area (Å²) in [6, 6.07) is -0.351. The molecule has 126 valence electrons. The Hall–Kier alpha value is -1.10. The summed E-state index contributed by atoms with van der Waals surface area (Å²) in [5, 5.41) is 5.46. The number of amides is 3. The number of nitrogens with one attached hydrogen (secondary N) is 2. The van der Waals surface area contributed by atoms with Gasteiger partial charge in [-0.25, -0.2) is 4.79 Å². The molecule has 22 heavy (non-hydrogen) atoms. The predicted octanol–water partition coefficient (Wildman–Crippen LogP) is 2.51. The maximum Gasteiger partial charge on any atom is 0.321 e. The van der Waals surface area contributed by atoms with E-state index in [1.807, 2.05) is 6.92 Å². The van der Waals surface area contributed by atoms with E-state index >= 15 is 0 Å². The monoisotopic (exact) mass is 309 g/mol. The summed E-state index contributed by atoms with van der Waals surface area (Å²) in [7, 11) is 0. The molecule has 0 radical (unpaired) electrons. The predicted molar refractivity (Wildman–Crippen MR) is 87.5 cm³/mol. The lowest BCUT2D eigenvalue weighted by Crippen LogP contribution is -2.54. The summed E-state index contributed by atoms with van der Waals surface area (Å²) in [5.74, 6) is 1.03. The van der Waals surface area contributed by atoms with Crippen molar-refractivity contribution in [3.63, 3.8) is 0 Å². The number of carbonyl (C=O) groups excluding carboxylic acids is 2. The molecule has 5 heteroatoms. The second-order valence-electron chi connectivity index (χ2n) is 7.37. The second kappa shape index (κ2) is 7.95. The van der Waals surface area contributed by atoms with Gasteiger partial charge in [0.05, 0.1) is 6.04 Å². The topological polar surface area (TPSA) is 61.4 Å². The zero-order valence-electron chi connectivity index (χ0n) is 14.2. The van der Waals surface area contributed by atoms with Crippen LogP contribution in [0.15, 0.2) is 0 Å². The molecule has 1 saturated heterocycles. The number of likely N-dealkylation sites (tertiary alicyclic amines) is 1. The molecular weight excluding hydrogens is 278 g/mol. The van der Waals surface area contributed by atoms with E-state index in [0.29, 0.717) is 11.8 Å². The first-order chi connectivity index (χ1) is 10.5. The zero-order valence-corrected chi connectivity index (χ0v) is 14.2. The first-order valence-electron chi connectivity index (χ1n) is 8.81. The Bertz CT molecular complexity index is 383. The first-order valence-corrected chi connectivity index (χ1v) is 8.81. The summed E-state index contributed by atoms with van der Waals surface area (Å²) in [4.78, 5) is 26.5. The molecule has 0 aromatic rings. The fourth-order valence-electron chi connectivity index (χ4n) is 3.88. The molecule has 3 atom stereocenters. The summed E-state index contributed by atoms with van der Waals surface area (Å²) < 4.78 is 0. The van der Waals surface area contributed by atoms with Gasteiger partial charge in [-0.05, 0) is 38.0 Å². The molecule has 5 nitrogen and oxygen atoms in total. The SMILES string of the molecule is CC1CC(C)CN(C(C)C(=O)NC(=O)NC2CCCCC2)C1. The smallest absolute Gasteiger partial charge is 0.321 e. The number of piperidine rings is 1. The van der Waals surface area contributed by atoms with E-state index in [1.54, 1.807) is 0 Å². The van der Waals surface area contributed by atoms with Gasteiger partial charge in [0.2, 0.25) is 5.91 Å². The van der Waals surface area contributed by atoms with Crippen LogP contribution in [0.25, 0.3) is 0 Å². The van der Waals surface area contributed by atoms with Gasteiger partial charge in [0.25, 0.3) is 0 Å². The number of rotatable bonds is 3. The van der Waals surface area contributed by atoms with E-state index in [9.17, 15) is 9.59 Å². The van der Waals surface area contributed by atoms with E-state index < -0.39 is 0 Å². The molecule has 3 unspecified atom stereocenters. The summed E-state index contributed by atoms with van der Waals surface area (Å²) >= 11 is 0. The molecule has 0 aromatic heterocycles. The normalized spacial score (nSPS) is 28.9. The van der Waals surface area contributed by atoms with Gasteiger partial charge in [0, 0.05) is 19.1 Å². The maximum absolute atomic E-state index is 12.3. The molecule has 2 fully saturated rings. The lowest BCUT2D eigenvalue weighted by Gasteiger charge is -2.38. The van der Waals surface area contributed by atoms with E-state index in [4.69, 9.17) is 0 Å². The molecule has 1 aliphatic carbocycles. The molecule has 1 aliphatic heterocycles. The molecular formula is C17H31N3O2. The molecule has 1 saturated carbocycles. The van der Waals surface area contributed by atoms with Gasteiger partial charge in [-0.3, -0.25) is 15.0 Å². The Morgan fingerprint density at radius 3 is 2.23 bits per heavy atom. The minimum atomic E-state index is -0.332. The van der Waals surface area contributed by atoms with Crippen LogP contribution in [0.2, 0.25) is 0 Å². The van der Waals surface area contributed by atoms with Crippen LogP contribution >= 0.6 is 0 Å². The molecule has 2 N–H and O–H groups in total. The van der Waals surface area contributed by atoms with E-state index in [1.165, 1.54) is 25.7 Å².